The highest BCUT2D eigenvalue weighted by Gasteiger charge is 2.15. The van der Waals surface area contributed by atoms with Crippen LogP contribution in [0.5, 0.6) is 0 Å². The van der Waals surface area contributed by atoms with Crippen LogP contribution in [0.25, 0.3) is 0 Å². The summed E-state index contributed by atoms with van der Waals surface area (Å²) < 4.78 is 4.71. The van der Waals surface area contributed by atoms with Crippen LogP contribution in [-0.4, -0.2) is 18.1 Å². The van der Waals surface area contributed by atoms with Crippen molar-refractivity contribution < 1.29 is 9.53 Å². The summed E-state index contributed by atoms with van der Waals surface area (Å²) in [5, 5.41) is 8.70. The molecule has 0 saturated heterocycles. The fraction of sp³-hybridized carbons (Fsp3) is 0.273. The van der Waals surface area contributed by atoms with E-state index in [0.29, 0.717) is 11.3 Å². The van der Waals surface area contributed by atoms with E-state index in [1.54, 1.807) is 31.2 Å². The number of halogens is 1. The SMILES string of the molecule is CCOC(=O)C(Cl)NNc1cccc(C#N)c1. The van der Waals surface area contributed by atoms with Crippen LogP contribution in [-0.2, 0) is 9.53 Å². The first-order valence-electron chi connectivity index (χ1n) is 4.99. The molecule has 0 aliphatic heterocycles. The van der Waals surface area contributed by atoms with Crippen molar-refractivity contribution in [1.29, 1.82) is 5.26 Å². The minimum absolute atomic E-state index is 0.271. The summed E-state index contributed by atoms with van der Waals surface area (Å²) in [5.41, 5.74) is 5.46. The van der Waals surface area contributed by atoms with Crippen LogP contribution in [0.2, 0.25) is 0 Å². The number of alkyl halides is 1. The third-order valence-corrected chi connectivity index (χ3v) is 2.12. The van der Waals surface area contributed by atoms with Crippen molar-refractivity contribution in [2.24, 2.45) is 0 Å². The predicted octanol–water partition coefficient (Wildman–Crippen LogP) is 1.60. The van der Waals surface area contributed by atoms with Crippen LogP contribution < -0.4 is 10.9 Å². The molecule has 17 heavy (non-hydrogen) atoms. The van der Waals surface area contributed by atoms with Crippen molar-refractivity contribution in [2.45, 2.75) is 12.4 Å². The van der Waals surface area contributed by atoms with Crippen LogP contribution in [0, 0.1) is 11.3 Å². The first-order chi connectivity index (χ1) is 8.17. The molecule has 5 nitrogen and oxygen atoms in total. The highest BCUT2D eigenvalue weighted by atomic mass is 35.5. The summed E-state index contributed by atoms with van der Waals surface area (Å²) >= 11 is 5.72. The molecule has 1 aromatic carbocycles. The second-order valence-corrected chi connectivity index (χ2v) is 3.51. The Hall–Kier alpha value is -1.77. The molecule has 1 rings (SSSR count). The molecule has 0 spiro atoms. The van der Waals surface area contributed by atoms with E-state index in [1.807, 2.05) is 6.07 Å². The molecule has 0 aromatic heterocycles. The van der Waals surface area contributed by atoms with E-state index in [9.17, 15) is 4.79 Å². The van der Waals surface area contributed by atoms with Gasteiger partial charge < -0.3 is 10.2 Å². The predicted molar refractivity (Wildman–Crippen MR) is 64.2 cm³/mol. The topological polar surface area (TPSA) is 74.2 Å². The standard InChI is InChI=1S/C11H12ClN3O2/c1-2-17-11(16)10(12)15-14-9-5-3-4-8(6-9)7-13/h3-6,10,14-15H,2H2,1H3. The second kappa shape index (κ2) is 6.74. The van der Waals surface area contributed by atoms with Crippen molar-refractivity contribution in [3.8, 4) is 6.07 Å². The van der Waals surface area contributed by atoms with Gasteiger partial charge in [-0.1, -0.05) is 17.7 Å². The summed E-state index contributed by atoms with van der Waals surface area (Å²) in [5.74, 6) is -0.557. The highest BCUT2D eigenvalue weighted by Crippen LogP contribution is 2.08. The average molecular weight is 254 g/mol. The molecule has 2 N–H and O–H groups in total. The Balaban J connectivity index is 2.50. The Morgan fingerprint density at radius 3 is 3.06 bits per heavy atom. The number of nitrogens with zero attached hydrogens (tertiary/aromatic N) is 1. The third-order valence-electron chi connectivity index (χ3n) is 1.83. The van der Waals surface area contributed by atoms with Gasteiger partial charge in [0, 0.05) is 0 Å². The van der Waals surface area contributed by atoms with Gasteiger partial charge in [0.05, 0.1) is 23.9 Å². The van der Waals surface area contributed by atoms with Gasteiger partial charge in [-0.2, -0.15) is 5.26 Å². The first kappa shape index (κ1) is 13.3. The fourth-order valence-electron chi connectivity index (χ4n) is 1.09. The largest absolute Gasteiger partial charge is 0.464 e. The Labute approximate surface area is 104 Å². The molecule has 1 unspecified atom stereocenters. The number of benzene rings is 1. The normalized spacial score (nSPS) is 11.4. The number of anilines is 1. The fourth-order valence-corrected chi connectivity index (χ4v) is 1.21. The zero-order valence-electron chi connectivity index (χ0n) is 9.24. The Bertz CT molecular complexity index is 431. The molecule has 0 radical (unpaired) electrons. The number of nitriles is 1. The molecule has 1 atom stereocenters. The summed E-state index contributed by atoms with van der Waals surface area (Å²) in [6.45, 7) is 1.97. The van der Waals surface area contributed by atoms with Crippen LogP contribution in [0.15, 0.2) is 24.3 Å². The van der Waals surface area contributed by atoms with Gasteiger partial charge >= 0.3 is 5.97 Å². The second-order valence-electron chi connectivity index (χ2n) is 3.08. The maximum absolute atomic E-state index is 11.2. The van der Waals surface area contributed by atoms with Crippen molar-refractivity contribution in [3.63, 3.8) is 0 Å². The number of nitrogens with one attached hydrogen (secondary N) is 2. The smallest absolute Gasteiger partial charge is 0.340 e. The molecule has 0 amide bonds. The molecule has 0 saturated carbocycles. The summed E-state index contributed by atoms with van der Waals surface area (Å²) in [4.78, 5) is 11.2. The highest BCUT2D eigenvalue weighted by molar-refractivity contribution is 6.29. The lowest BCUT2D eigenvalue weighted by Crippen LogP contribution is -2.37. The van der Waals surface area contributed by atoms with Gasteiger partial charge in [0.15, 0.2) is 5.50 Å². The van der Waals surface area contributed by atoms with Gasteiger partial charge in [-0.05, 0) is 25.1 Å². The Morgan fingerprint density at radius 2 is 2.41 bits per heavy atom. The van der Waals surface area contributed by atoms with E-state index in [0.717, 1.165) is 0 Å². The lowest BCUT2D eigenvalue weighted by Gasteiger charge is -2.12. The van der Waals surface area contributed by atoms with Crippen LogP contribution in [0.3, 0.4) is 0 Å². The maximum atomic E-state index is 11.2. The lowest BCUT2D eigenvalue weighted by atomic mass is 10.2. The lowest BCUT2D eigenvalue weighted by molar-refractivity contribution is -0.143. The van der Waals surface area contributed by atoms with Crippen LogP contribution in [0.4, 0.5) is 5.69 Å². The van der Waals surface area contributed by atoms with E-state index >= 15 is 0 Å². The third kappa shape index (κ3) is 4.31. The monoisotopic (exact) mass is 253 g/mol. The number of rotatable bonds is 5. The minimum Gasteiger partial charge on any atom is -0.464 e. The van der Waals surface area contributed by atoms with E-state index in [-0.39, 0.29) is 6.61 Å². The number of hydrogen-bond donors (Lipinski definition) is 2. The van der Waals surface area contributed by atoms with E-state index in [4.69, 9.17) is 21.6 Å². The van der Waals surface area contributed by atoms with Gasteiger partial charge in [-0.3, -0.25) is 0 Å². The number of carbonyl (C=O) groups is 1. The van der Waals surface area contributed by atoms with Crippen molar-refractivity contribution in [2.75, 3.05) is 12.0 Å². The molecule has 90 valence electrons. The molecular formula is C11H12ClN3O2. The maximum Gasteiger partial charge on any atom is 0.340 e. The molecule has 0 aliphatic carbocycles. The summed E-state index contributed by atoms with van der Waals surface area (Å²) in [6.07, 6.45) is 0. The first-order valence-corrected chi connectivity index (χ1v) is 5.43. The molecule has 0 bridgehead atoms. The zero-order chi connectivity index (χ0) is 12.7. The van der Waals surface area contributed by atoms with Gasteiger partial charge in [-0.15, -0.1) is 0 Å². The molecule has 0 heterocycles. The average Bonchev–Trinajstić information content (AvgIpc) is 2.36. The number of carbonyl (C=O) groups excluding carboxylic acids is 1. The van der Waals surface area contributed by atoms with Crippen molar-refractivity contribution in [1.82, 2.24) is 5.43 Å². The van der Waals surface area contributed by atoms with E-state index in [2.05, 4.69) is 10.9 Å². The zero-order valence-corrected chi connectivity index (χ0v) is 9.99. The van der Waals surface area contributed by atoms with E-state index in [1.165, 1.54) is 0 Å². The van der Waals surface area contributed by atoms with Gasteiger partial charge in [-0.25, -0.2) is 10.2 Å². The van der Waals surface area contributed by atoms with Crippen molar-refractivity contribution in [3.05, 3.63) is 29.8 Å². The molecule has 0 aliphatic rings. The number of esters is 1. The summed E-state index contributed by atoms with van der Waals surface area (Å²) in [6, 6.07) is 8.76. The number of hydrogen-bond acceptors (Lipinski definition) is 5. The summed E-state index contributed by atoms with van der Waals surface area (Å²) in [7, 11) is 0. The quantitative estimate of drug-likeness (QED) is 0.361. The van der Waals surface area contributed by atoms with E-state index < -0.39 is 11.5 Å². The Kier molecular flexibility index (Phi) is 5.27. The Morgan fingerprint density at radius 1 is 1.65 bits per heavy atom. The number of hydrazine groups is 1. The number of ether oxygens (including phenoxy) is 1. The van der Waals surface area contributed by atoms with Crippen LogP contribution >= 0.6 is 11.6 Å². The molecule has 0 fully saturated rings. The van der Waals surface area contributed by atoms with Gasteiger partial charge in [0.25, 0.3) is 0 Å². The molecule has 6 heteroatoms. The molecular weight excluding hydrogens is 242 g/mol. The minimum atomic E-state index is -0.985. The van der Waals surface area contributed by atoms with Crippen LogP contribution in [0.1, 0.15) is 12.5 Å². The van der Waals surface area contributed by atoms with Crippen molar-refractivity contribution >= 4 is 23.3 Å². The van der Waals surface area contributed by atoms with Gasteiger partial charge in [0.2, 0.25) is 0 Å². The van der Waals surface area contributed by atoms with Gasteiger partial charge in [0.1, 0.15) is 0 Å². The molecule has 1 aromatic rings.